The van der Waals surface area contributed by atoms with E-state index in [4.69, 9.17) is 4.84 Å². The fraction of sp³-hybridized carbons (Fsp3) is 0.643. The van der Waals surface area contributed by atoms with Crippen molar-refractivity contribution in [1.29, 1.82) is 0 Å². The Balaban J connectivity index is 1.51. The Morgan fingerprint density at radius 1 is 1.55 bits per heavy atom. The summed E-state index contributed by atoms with van der Waals surface area (Å²) in [5.74, 6) is 0.963. The average Bonchev–Trinajstić information content (AvgIpc) is 2.86. The largest absolute Gasteiger partial charge is 0.382 e. The van der Waals surface area contributed by atoms with Crippen molar-refractivity contribution in [2.24, 2.45) is 10.6 Å². The third-order valence-corrected chi connectivity index (χ3v) is 4.13. The number of nitrogens with zero attached hydrogens (tertiary/aromatic N) is 3. The lowest BCUT2D eigenvalue weighted by atomic mass is 10.1. The van der Waals surface area contributed by atoms with Crippen molar-refractivity contribution in [3.05, 3.63) is 18.2 Å². The first kappa shape index (κ1) is 13.1. The molecule has 2 heterocycles. The molecule has 20 heavy (non-hydrogen) atoms. The molecule has 1 amide bonds. The molecule has 3 rings (SSSR count). The molecule has 2 aliphatic rings. The molecular weight excluding hydrogens is 256 g/mol. The minimum absolute atomic E-state index is 0.0563. The van der Waals surface area contributed by atoms with Crippen LogP contribution in [0.15, 0.2) is 17.5 Å². The highest BCUT2D eigenvalue weighted by Gasteiger charge is 2.43. The highest BCUT2D eigenvalue weighted by Crippen LogP contribution is 2.46. The van der Waals surface area contributed by atoms with Gasteiger partial charge in [0.2, 0.25) is 6.10 Å². The zero-order valence-corrected chi connectivity index (χ0v) is 11.9. The van der Waals surface area contributed by atoms with Gasteiger partial charge in [-0.1, -0.05) is 5.16 Å². The summed E-state index contributed by atoms with van der Waals surface area (Å²) in [6, 6.07) is 0. The van der Waals surface area contributed by atoms with Crippen molar-refractivity contribution >= 4 is 11.6 Å². The van der Waals surface area contributed by atoms with Crippen LogP contribution in [-0.4, -0.2) is 33.8 Å². The molecule has 1 aliphatic heterocycles. The highest BCUT2D eigenvalue weighted by atomic mass is 16.6. The SMILES string of the molecule is CC1=NOC(C(=O)NCC2(Cn3ccnc3C)CC2)C1. The number of hydrogen-bond donors (Lipinski definition) is 1. The van der Waals surface area contributed by atoms with Gasteiger partial charge >= 0.3 is 0 Å². The Labute approximate surface area is 118 Å². The van der Waals surface area contributed by atoms with Crippen molar-refractivity contribution in [1.82, 2.24) is 14.9 Å². The van der Waals surface area contributed by atoms with E-state index >= 15 is 0 Å². The number of rotatable bonds is 5. The van der Waals surface area contributed by atoms with Gasteiger partial charge < -0.3 is 14.7 Å². The van der Waals surface area contributed by atoms with Gasteiger partial charge in [0.1, 0.15) is 5.82 Å². The number of aryl methyl sites for hydroxylation is 1. The third kappa shape index (κ3) is 2.69. The lowest BCUT2D eigenvalue weighted by Gasteiger charge is -2.18. The molecule has 1 aromatic rings. The number of hydrogen-bond acceptors (Lipinski definition) is 4. The maximum absolute atomic E-state index is 12.0. The molecule has 6 heteroatoms. The van der Waals surface area contributed by atoms with Gasteiger partial charge in [-0.15, -0.1) is 0 Å². The Bertz CT molecular complexity index is 545. The molecule has 0 aromatic carbocycles. The predicted molar refractivity (Wildman–Crippen MR) is 74.2 cm³/mol. The number of imidazole rings is 1. The molecule has 0 saturated heterocycles. The van der Waals surface area contributed by atoms with Gasteiger partial charge in [-0.05, 0) is 26.7 Å². The standard InChI is InChI=1S/C14H20N4O2/c1-10-7-12(20-17-10)13(19)16-8-14(3-4-14)9-18-6-5-15-11(18)2/h5-6,12H,3-4,7-9H2,1-2H3,(H,16,19). The molecule has 6 nitrogen and oxygen atoms in total. The first-order valence-electron chi connectivity index (χ1n) is 7.03. The first-order valence-corrected chi connectivity index (χ1v) is 7.03. The van der Waals surface area contributed by atoms with E-state index in [0.29, 0.717) is 13.0 Å². The van der Waals surface area contributed by atoms with E-state index in [1.165, 1.54) is 0 Å². The van der Waals surface area contributed by atoms with E-state index in [1.54, 1.807) is 0 Å². The van der Waals surface area contributed by atoms with Crippen LogP contribution in [0.1, 0.15) is 32.0 Å². The first-order chi connectivity index (χ1) is 9.58. The summed E-state index contributed by atoms with van der Waals surface area (Å²) in [6.07, 6.45) is 6.25. The summed E-state index contributed by atoms with van der Waals surface area (Å²) in [6.45, 7) is 5.49. The molecule has 1 saturated carbocycles. The summed E-state index contributed by atoms with van der Waals surface area (Å²) < 4.78 is 2.15. The van der Waals surface area contributed by atoms with E-state index in [2.05, 4.69) is 20.0 Å². The zero-order chi connectivity index (χ0) is 14.2. The highest BCUT2D eigenvalue weighted by molar-refractivity contribution is 5.91. The topological polar surface area (TPSA) is 68.5 Å². The molecule has 1 N–H and O–H groups in total. The van der Waals surface area contributed by atoms with Crippen LogP contribution in [0.25, 0.3) is 0 Å². The number of nitrogens with one attached hydrogen (secondary N) is 1. The fourth-order valence-corrected chi connectivity index (χ4v) is 2.53. The molecule has 1 aliphatic carbocycles. The van der Waals surface area contributed by atoms with Gasteiger partial charge in [0.05, 0.1) is 5.71 Å². The quantitative estimate of drug-likeness (QED) is 0.880. The van der Waals surface area contributed by atoms with Crippen LogP contribution >= 0.6 is 0 Å². The Morgan fingerprint density at radius 2 is 2.35 bits per heavy atom. The molecule has 108 valence electrons. The second-order valence-electron chi connectivity index (χ2n) is 5.94. The van der Waals surface area contributed by atoms with Crippen LogP contribution in [0, 0.1) is 12.3 Å². The predicted octanol–water partition coefficient (Wildman–Crippen LogP) is 1.25. The molecule has 0 spiro atoms. The zero-order valence-electron chi connectivity index (χ0n) is 11.9. The molecule has 0 bridgehead atoms. The summed E-state index contributed by atoms with van der Waals surface area (Å²) >= 11 is 0. The number of carbonyl (C=O) groups excluding carboxylic acids is 1. The third-order valence-electron chi connectivity index (χ3n) is 4.13. The van der Waals surface area contributed by atoms with Gasteiger partial charge in [-0.3, -0.25) is 4.79 Å². The van der Waals surface area contributed by atoms with Crippen LogP contribution in [-0.2, 0) is 16.2 Å². The number of aromatic nitrogens is 2. The molecule has 0 radical (unpaired) electrons. The van der Waals surface area contributed by atoms with Crippen LogP contribution in [0.5, 0.6) is 0 Å². The number of amides is 1. The van der Waals surface area contributed by atoms with E-state index in [1.807, 2.05) is 26.2 Å². The lowest BCUT2D eigenvalue weighted by molar-refractivity contribution is -0.131. The lowest BCUT2D eigenvalue weighted by Crippen LogP contribution is -2.39. The normalized spacial score (nSPS) is 23.1. The smallest absolute Gasteiger partial charge is 0.264 e. The van der Waals surface area contributed by atoms with E-state index in [0.717, 1.165) is 30.9 Å². The molecule has 1 atom stereocenters. The van der Waals surface area contributed by atoms with Crippen LogP contribution in [0.2, 0.25) is 0 Å². The summed E-state index contributed by atoms with van der Waals surface area (Å²) in [4.78, 5) is 21.3. The molecule has 1 aromatic heterocycles. The van der Waals surface area contributed by atoms with Crippen molar-refractivity contribution in [2.75, 3.05) is 6.54 Å². The maximum Gasteiger partial charge on any atom is 0.264 e. The Hall–Kier alpha value is -1.85. The minimum atomic E-state index is -0.444. The monoisotopic (exact) mass is 276 g/mol. The van der Waals surface area contributed by atoms with Crippen molar-refractivity contribution in [3.8, 4) is 0 Å². The van der Waals surface area contributed by atoms with Crippen molar-refractivity contribution in [3.63, 3.8) is 0 Å². The number of oxime groups is 1. The van der Waals surface area contributed by atoms with Gasteiger partial charge in [0, 0.05) is 37.3 Å². The minimum Gasteiger partial charge on any atom is -0.382 e. The van der Waals surface area contributed by atoms with Crippen LogP contribution in [0.3, 0.4) is 0 Å². The van der Waals surface area contributed by atoms with E-state index in [9.17, 15) is 4.79 Å². The molecular formula is C14H20N4O2. The second-order valence-corrected chi connectivity index (χ2v) is 5.94. The molecule has 1 unspecified atom stereocenters. The van der Waals surface area contributed by atoms with Crippen LogP contribution < -0.4 is 5.32 Å². The summed E-state index contributed by atoms with van der Waals surface area (Å²) in [5, 5.41) is 6.82. The Kier molecular flexibility index (Phi) is 3.23. The summed E-state index contributed by atoms with van der Waals surface area (Å²) in [5.41, 5.74) is 1.07. The Morgan fingerprint density at radius 3 is 2.90 bits per heavy atom. The molecule has 1 fully saturated rings. The summed E-state index contributed by atoms with van der Waals surface area (Å²) in [7, 11) is 0. The average molecular weight is 276 g/mol. The van der Waals surface area contributed by atoms with Gasteiger partial charge in [-0.2, -0.15) is 0 Å². The van der Waals surface area contributed by atoms with E-state index < -0.39 is 6.10 Å². The number of carbonyl (C=O) groups is 1. The van der Waals surface area contributed by atoms with Crippen molar-refractivity contribution in [2.45, 2.75) is 45.8 Å². The second kappa shape index (κ2) is 4.92. The van der Waals surface area contributed by atoms with Gasteiger partial charge in [-0.25, -0.2) is 4.98 Å². The van der Waals surface area contributed by atoms with E-state index in [-0.39, 0.29) is 11.3 Å². The van der Waals surface area contributed by atoms with Gasteiger partial charge in [0.15, 0.2) is 0 Å². The van der Waals surface area contributed by atoms with Crippen molar-refractivity contribution < 1.29 is 9.63 Å². The van der Waals surface area contributed by atoms with Crippen LogP contribution in [0.4, 0.5) is 0 Å². The fourth-order valence-electron chi connectivity index (χ4n) is 2.53. The van der Waals surface area contributed by atoms with Gasteiger partial charge in [0.25, 0.3) is 5.91 Å². The maximum atomic E-state index is 12.0.